The van der Waals surface area contributed by atoms with E-state index in [4.69, 9.17) is 4.74 Å². The van der Waals surface area contributed by atoms with Crippen molar-refractivity contribution in [3.8, 4) is 5.75 Å². The molecule has 1 atom stereocenters. The first kappa shape index (κ1) is 18.0. The van der Waals surface area contributed by atoms with E-state index >= 15 is 0 Å². The zero-order valence-corrected chi connectivity index (χ0v) is 14.1. The molecule has 1 rings (SSSR count). The number of hydrogen-bond acceptors (Lipinski definition) is 3. The van der Waals surface area contributed by atoms with E-state index < -0.39 is 6.04 Å². The van der Waals surface area contributed by atoms with Crippen LogP contribution in [-0.4, -0.2) is 35.9 Å². The molecule has 0 saturated carbocycles. The third kappa shape index (κ3) is 5.06. The van der Waals surface area contributed by atoms with E-state index in [9.17, 15) is 9.59 Å². The fraction of sp³-hybridized carbons (Fsp3) is 0.529. The van der Waals surface area contributed by atoms with E-state index in [-0.39, 0.29) is 17.9 Å². The Balaban J connectivity index is 2.92. The number of benzene rings is 1. The first-order valence-electron chi connectivity index (χ1n) is 7.61. The van der Waals surface area contributed by atoms with Crippen LogP contribution in [0.25, 0.3) is 0 Å². The quantitative estimate of drug-likeness (QED) is 0.841. The highest BCUT2D eigenvalue weighted by molar-refractivity contribution is 5.87. The van der Waals surface area contributed by atoms with Gasteiger partial charge in [0.1, 0.15) is 11.8 Å². The monoisotopic (exact) mass is 306 g/mol. The van der Waals surface area contributed by atoms with Crippen LogP contribution in [-0.2, 0) is 16.1 Å². The van der Waals surface area contributed by atoms with E-state index in [0.717, 1.165) is 11.3 Å². The maximum atomic E-state index is 12.2. The Hall–Kier alpha value is -2.04. The zero-order valence-electron chi connectivity index (χ0n) is 14.1. The van der Waals surface area contributed by atoms with Crippen LogP contribution in [0.15, 0.2) is 24.3 Å². The van der Waals surface area contributed by atoms with Gasteiger partial charge in [0, 0.05) is 19.0 Å². The Morgan fingerprint density at radius 1 is 1.27 bits per heavy atom. The summed E-state index contributed by atoms with van der Waals surface area (Å²) in [7, 11) is 1.60. The molecule has 0 aromatic heterocycles. The molecule has 0 aliphatic heterocycles. The lowest BCUT2D eigenvalue weighted by molar-refractivity contribution is -0.140. The van der Waals surface area contributed by atoms with Crippen molar-refractivity contribution in [1.82, 2.24) is 10.2 Å². The van der Waals surface area contributed by atoms with Crippen LogP contribution in [0.3, 0.4) is 0 Å². The molecule has 0 radical (unpaired) electrons. The molecular formula is C17H26N2O3. The van der Waals surface area contributed by atoms with E-state index in [1.807, 2.05) is 38.1 Å². The van der Waals surface area contributed by atoms with Crippen molar-refractivity contribution in [2.24, 2.45) is 0 Å². The highest BCUT2D eigenvalue weighted by Crippen LogP contribution is 2.16. The summed E-state index contributed by atoms with van der Waals surface area (Å²) in [6, 6.07) is 7.06. The Morgan fingerprint density at radius 3 is 2.50 bits per heavy atom. The van der Waals surface area contributed by atoms with E-state index in [2.05, 4.69) is 5.32 Å². The molecule has 1 N–H and O–H groups in total. The summed E-state index contributed by atoms with van der Waals surface area (Å²) in [5.74, 6) is 0.551. The van der Waals surface area contributed by atoms with Gasteiger partial charge in [0.05, 0.1) is 7.11 Å². The van der Waals surface area contributed by atoms with Gasteiger partial charge in [0.25, 0.3) is 0 Å². The van der Waals surface area contributed by atoms with Crippen molar-refractivity contribution in [3.05, 3.63) is 29.8 Å². The summed E-state index contributed by atoms with van der Waals surface area (Å²) in [5, 5.41) is 2.85. The maximum Gasteiger partial charge on any atom is 0.242 e. The van der Waals surface area contributed by atoms with Gasteiger partial charge in [-0.25, -0.2) is 0 Å². The number of hydrogen-bond donors (Lipinski definition) is 1. The molecule has 0 bridgehead atoms. The van der Waals surface area contributed by atoms with Gasteiger partial charge in [-0.2, -0.15) is 0 Å². The molecule has 122 valence electrons. The van der Waals surface area contributed by atoms with Gasteiger partial charge in [-0.1, -0.05) is 19.1 Å². The van der Waals surface area contributed by atoms with Crippen LogP contribution < -0.4 is 10.1 Å². The second-order valence-corrected chi connectivity index (χ2v) is 5.57. The lowest BCUT2D eigenvalue weighted by Gasteiger charge is -2.29. The van der Waals surface area contributed by atoms with Crippen LogP contribution in [0.2, 0.25) is 0 Å². The summed E-state index contributed by atoms with van der Waals surface area (Å²) < 4.78 is 5.20. The molecule has 0 saturated heterocycles. The van der Waals surface area contributed by atoms with Crippen molar-refractivity contribution < 1.29 is 14.3 Å². The number of nitrogens with one attached hydrogen (secondary N) is 1. The molecule has 0 spiro atoms. The van der Waals surface area contributed by atoms with Gasteiger partial charge in [-0.3, -0.25) is 9.59 Å². The summed E-state index contributed by atoms with van der Waals surface area (Å²) >= 11 is 0. The molecule has 1 aromatic carbocycles. The number of rotatable bonds is 7. The minimum atomic E-state index is -0.513. The topological polar surface area (TPSA) is 58.6 Å². The van der Waals surface area contributed by atoms with Crippen molar-refractivity contribution in [3.63, 3.8) is 0 Å². The van der Waals surface area contributed by atoms with Crippen LogP contribution >= 0.6 is 0 Å². The molecule has 0 aliphatic rings. The fourth-order valence-corrected chi connectivity index (χ4v) is 2.16. The van der Waals surface area contributed by atoms with Gasteiger partial charge in [0.15, 0.2) is 0 Å². The number of amides is 2. The van der Waals surface area contributed by atoms with E-state index in [1.165, 1.54) is 0 Å². The largest absolute Gasteiger partial charge is 0.497 e. The van der Waals surface area contributed by atoms with Crippen LogP contribution in [0.5, 0.6) is 5.75 Å². The molecule has 22 heavy (non-hydrogen) atoms. The number of ether oxygens (including phenoxy) is 1. The Kier molecular flexibility index (Phi) is 6.89. The highest BCUT2D eigenvalue weighted by atomic mass is 16.5. The summed E-state index contributed by atoms with van der Waals surface area (Å²) in [6.45, 7) is 7.74. The van der Waals surface area contributed by atoms with Crippen LogP contribution in [0, 0.1) is 0 Å². The fourth-order valence-electron chi connectivity index (χ4n) is 2.16. The van der Waals surface area contributed by atoms with Gasteiger partial charge < -0.3 is 15.0 Å². The highest BCUT2D eigenvalue weighted by Gasteiger charge is 2.25. The second-order valence-electron chi connectivity index (χ2n) is 5.57. The zero-order chi connectivity index (χ0) is 16.7. The third-order valence-electron chi connectivity index (χ3n) is 3.39. The smallest absolute Gasteiger partial charge is 0.242 e. The molecule has 1 unspecified atom stereocenters. The van der Waals surface area contributed by atoms with Gasteiger partial charge >= 0.3 is 0 Å². The Morgan fingerprint density at radius 2 is 1.95 bits per heavy atom. The van der Waals surface area contributed by atoms with Crippen molar-refractivity contribution in [2.75, 3.05) is 7.11 Å². The molecule has 0 aliphatic carbocycles. The van der Waals surface area contributed by atoms with Crippen LogP contribution in [0.4, 0.5) is 0 Å². The lowest BCUT2D eigenvalue weighted by Crippen LogP contribution is -2.48. The van der Waals surface area contributed by atoms with Crippen molar-refractivity contribution >= 4 is 11.8 Å². The van der Waals surface area contributed by atoms with Crippen molar-refractivity contribution in [1.29, 1.82) is 0 Å². The number of methoxy groups -OCH3 is 1. The Labute approximate surface area is 132 Å². The first-order chi connectivity index (χ1) is 10.4. The minimum Gasteiger partial charge on any atom is -0.497 e. The number of carbonyl (C=O) groups excluding carboxylic acids is 2. The average Bonchev–Trinajstić information content (AvgIpc) is 2.50. The van der Waals surface area contributed by atoms with E-state index in [0.29, 0.717) is 13.0 Å². The second kappa shape index (κ2) is 8.41. The maximum absolute atomic E-state index is 12.2. The molecule has 2 amide bonds. The van der Waals surface area contributed by atoms with Crippen LogP contribution in [0.1, 0.15) is 39.7 Å². The number of carbonyl (C=O) groups is 2. The van der Waals surface area contributed by atoms with Gasteiger partial charge in [-0.05, 0) is 38.5 Å². The van der Waals surface area contributed by atoms with Crippen molar-refractivity contribution in [2.45, 2.75) is 52.7 Å². The SMILES string of the molecule is CCC(=O)N(Cc1cccc(OC)c1)C(C)C(=O)NC(C)C. The first-order valence-corrected chi connectivity index (χ1v) is 7.61. The predicted molar refractivity (Wildman–Crippen MR) is 86.6 cm³/mol. The molecule has 5 heteroatoms. The minimum absolute atomic E-state index is 0.0466. The molecule has 5 nitrogen and oxygen atoms in total. The number of nitrogens with zero attached hydrogens (tertiary/aromatic N) is 1. The summed E-state index contributed by atoms with van der Waals surface area (Å²) in [5.41, 5.74) is 0.936. The van der Waals surface area contributed by atoms with Gasteiger partial charge in [-0.15, -0.1) is 0 Å². The molecule has 0 fully saturated rings. The molecule has 1 aromatic rings. The molecular weight excluding hydrogens is 280 g/mol. The standard InChI is InChI=1S/C17H26N2O3/c1-6-16(20)19(13(4)17(21)18-12(2)3)11-14-8-7-9-15(10-14)22-5/h7-10,12-13H,6,11H2,1-5H3,(H,18,21). The Bertz CT molecular complexity index is 514. The lowest BCUT2D eigenvalue weighted by atomic mass is 10.1. The summed E-state index contributed by atoms with van der Waals surface area (Å²) in [4.78, 5) is 26.0. The summed E-state index contributed by atoms with van der Waals surface area (Å²) in [6.07, 6.45) is 0.364. The van der Waals surface area contributed by atoms with E-state index in [1.54, 1.807) is 25.9 Å². The third-order valence-corrected chi connectivity index (χ3v) is 3.39. The van der Waals surface area contributed by atoms with Gasteiger partial charge in [0.2, 0.25) is 11.8 Å². The average molecular weight is 306 g/mol. The predicted octanol–water partition coefficient (Wildman–Crippen LogP) is 2.35. The molecule has 0 heterocycles. The normalized spacial score (nSPS) is 11.9.